The highest BCUT2D eigenvalue weighted by Gasteiger charge is 2.45. The van der Waals surface area contributed by atoms with Crippen molar-refractivity contribution in [3.05, 3.63) is 46.0 Å². The number of methoxy groups -OCH3 is 1. The molecule has 0 aromatic heterocycles. The molecular formula is C19H14O7. The smallest absolute Gasteiger partial charge is 0.207 e. The van der Waals surface area contributed by atoms with Gasteiger partial charge in [0.15, 0.2) is 5.78 Å². The molecule has 3 aliphatic rings. The van der Waals surface area contributed by atoms with Crippen molar-refractivity contribution in [2.45, 2.75) is 18.6 Å². The third-order valence-electron chi connectivity index (χ3n) is 5.21. The summed E-state index contributed by atoms with van der Waals surface area (Å²) in [5.74, 6) is -1.15. The Morgan fingerprint density at radius 2 is 1.85 bits per heavy atom. The van der Waals surface area contributed by atoms with Gasteiger partial charge in [0, 0.05) is 22.8 Å². The van der Waals surface area contributed by atoms with E-state index >= 15 is 0 Å². The van der Waals surface area contributed by atoms with Crippen LogP contribution in [-0.4, -0.2) is 41.8 Å². The monoisotopic (exact) mass is 354 g/mol. The maximum absolute atomic E-state index is 13.1. The summed E-state index contributed by atoms with van der Waals surface area (Å²) in [7, 11) is 1.35. The first-order chi connectivity index (χ1) is 12.5. The van der Waals surface area contributed by atoms with Crippen LogP contribution in [0.4, 0.5) is 0 Å². The Morgan fingerprint density at radius 1 is 1.08 bits per heavy atom. The van der Waals surface area contributed by atoms with Crippen molar-refractivity contribution in [3.8, 4) is 23.0 Å². The average molecular weight is 354 g/mol. The molecule has 7 nitrogen and oxygen atoms in total. The van der Waals surface area contributed by atoms with Gasteiger partial charge in [-0.2, -0.15) is 0 Å². The van der Waals surface area contributed by atoms with Crippen LogP contribution in [-0.2, 0) is 4.74 Å². The van der Waals surface area contributed by atoms with Crippen molar-refractivity contribution >= 4 is 11.6 Å². The fraction of sp³-hybridized carbons (Fsp3) is 0.263. The molecule has 1 fully saturated rings. The minimum Gasteiger partial charge on any atom is -0.508 e. The lowest BCUT2D eigenvalue weighted by Gasteiger charge is -2.22. The zero-order valence-corrected chi connectivity index (χ0v) is 13.7. The first-order valence-corrected chi connectivity index (χ1v) is 8.19. The maximum atomic E-state index is 13.1. The van der Waals surface area contributed by atoms with Crippen LogP contribution >= 0.6 is 0 Å². The molecule has 0 radical (unpaired) electrons. The molecule has 0 spiro atoms. The van der Waals surface area contributed by atoms with E-state index in [-0.39, 0.29) is 45.4 Å². The molecule has 1 aliphatic carbocycles. The molecule has 2 atom stereocenters. The average Bonchev–Trinajstić information content (AvgIpc) is 3.19. The summed E-state index contributed by atoms with van der Waals surface area (Å²) in [4.78, 5) is 26.1. The number of phenols is 2. The van der Waals surface area contributed by atoms with Crippen molar-refractivity contribution < 1.29 is 34.0 Å². The molecule has 2 aliphatic heterocycles. The Morgan fingerprint density at radius 3 is 2.62 bits per heavy atom. The van der Waals surface area contributed by atoms with Crippen LogP contribution in [0, 0.1) is 0 Å². The zero-order valence-electron chi connectivity index (χ0n) is 13.7. The Kier molecular flexibility index (Phi) is 2.92. The Hall–Kier alpha value is -3.06. The number of aromatic hydroxyl groups is 2. The second kappa shape index (κ2) is 4.98. The van der Waals surface area contributed by atoms with Crippen LogP contribution in [0.1, 0.15) is 49.7 Å². The third-order valence-corrected chi connectivity index (χ3v) is 5.21. The summed E-state index contributed by atoms with van der Waals surface area (Å²) < 4.78 is 16.4. The van der Waals surface area contributed by atoms with Gasteiger partial charge in [0.1, 0.15) is 23.0 Å². The van der Waals surface area contributed by atoms with E-state index in [2.05, 4.69) is 0 Å². The molecule has 132 valence electrons. The maximum Gasteiger partial charge on any atom is 0.207 e. The topological polar surface area (TPSA) is 102 Å². The fourth-order valence-corrected chi connectivity index (χ4v) is 4.06. The number of phenolic OH excluding ortho intramolecular Hbond substituents is 2. The molecule has 2 N–H and O–H groups in total. The Labute approximate surface area is 147 Å². The standard InChI is InChI=1S/C19H14O7/c1-24-11-5-7(20)4-9-14(11)18(23)15-10(16(9)21)6-12-13(17(15)22)8-2-3-25-19(8)26-12/h4-6,8,19-20,22H,2-3H2,1H3. The van der Waals surface area contributed by atoms with E-state index in [1.54, 1.807) is 0 Å². The lowest BCUT2D eigenvalue weighted by molar-refractivity contribution is -0.0337. The molecule has 7 heteroatoms. The van der Waals surface area contributed by atoms with E-state index in [4.69, 9.17) is 14.2 Å². The second-order valence-electron chi connectivity index (χ2n) is 6.54. The van der Waals surface area contributed by atoms with Gasteiger partial charge < -0.3 is 24.4 Å². The van der Waals surface area contributed by atoms with E-state index in [9.17, 15) is 19.8 Å². The number of carbonyl (C=O) groups is 2. The minimum absolute atomic E-state index is 0.0353. The first kappa shape index (κ1) is 15.2. The van der Waals surface area contributed by atoms with Crippen molar-refractivity contribution in [1.82, 2.24) is 0 Å². The highest BCUT2D eigenvalue weighted by Crippen LogP contribution is 2.52. The van der Waals surface area contributed by atoms with Gasteiger partial charge in [-0.05, 0) is 18.6 Å². The van der Waals surface area contributed by atoms with Crippen LogP contribution in [0.3, 0.4) is 0 Å². The number of rotatable bonds is 1. The highest BCUT2D eigenvalue weighted by atomic mass is 16.7. The molecule has 26 heavy (non-hydrogen) atoms. The quantitative estimate of drug-likeness (QED) is 0.690. The highest BCUT2D eigenvalue weighted by molar-refractivity contribution is 6.30. The molecule has 0 bridgehead atoms. The van der Waals surface area contributed by atoms with Crippen LogP contribution in [0.2, 0.25) is 0 Å². The fourth-order valence-electron chi connectivity index (χ4n) is 4.06. The molecule has 2 aromatic carbocycles. The lowest BCUT2D eigenvalue weighted by atomic mass is 9.80. The number of carbonyl (C=O) groups excluding carboxylic acids is 2. The minimum atomic E-state index is -0.519. The molecule has 1 saturated heterocycles. The summed E-state index contributed by atoms with van der Waals surface area (Å²) in [5.41, 5.74) is 0.575. The zero-order chi connectivity index (χ0) is 18.2. The normalized spacial score (nSPS) is 22.3. The molecule has 0 amide bonds. The Balaban J connectivity index is 1.78. The van der Waals surface area contributed by atoms with Gasteiger partial charge >= 0.3 is 0 Å². The van der Waals surface area contributed by atoms with Crippen molar-refractivity contribution in [1.29, 1.82) is 0 Å². The number of benzene rings is 2. The summed E-state index contributed by atoms with van der Waals surface area (Å²) >= 11 is 0. The lowest BCUT2D eigenvalue weighted by Crippen LogP contribution is -2.22. The molecular weight excluding hydrogens is 340 g/mol. The summed E-state index contributed by atoms with van der Waals surface area (Å²) in [6, 6.07) is 3.97. The van der Waals surface area contributed by atoms with E-state index in [0.717, 1.165) is 0 Å². The number of ketones is 2. The van der Waals surface area contributed by atoms with Gasteiger partial charge in [-0.3, -0.25) is 9.59 Å². The molecule has 0 saturated carbocycles. The number of ether oxygens (including phenoxy) is 3. The van der Waals surface area contributed by atoms with Crippen molar-refractivity contribution in [2.75, 3.05) is 13.7 Å². The SMILES string of the molecule is COc1cc(O)cc2c1C(=O)c1c(cc3c(c1O)C1CCOC1O3)C2=O. The van der Waals surface area contributed by atoms with Crippen molar-refractivity contribution in [2.24, 2.45) is 0 Å². The Bertz CT molecular complexity index is 1010. The first-order valence-electron chi connectivity index (χ1n) is 8.19. The van der Waals surface area contributed by atoms with Crippen LogP contribution < -0.4 is 9.47 Å². The van der Waals surface area contributed by atoms with Gasteiger partial charge in [-0.25, -0.2) is 0 Å². The van der Waals surface area contributed by atoms with Gasteiger partial charge in [-0.1, -0.05) is 0 Å². The van der Waals surface area contributed by atoms with Gasteiger partial charge in [0.2, 0.25) is 12.1 Å². The second-order valence-corrected chi connectivity index (χ2v) is 6.54. The van der Waals surface area contributed by atoms with Crippen LogP contribution in [0.5, 0.6) is 23.0 Å². The predicted molar refractivity (Wildman–Crippen MR) is 87.4 cm³/mol. The van der Waals surface area contributed by atoms with E-state index < -0.39 is 17.9 Å². The number of fused-ring (bicyclic) bond motifs is 5. The van der Waals surface area contributed by atoms with Gasteiger partial charge in [0.25, 0.3) is 0 Å². The largest absolute Gasteiger partial charge is 0.508 e. The number of hydrogen-bond acceptors (Lipinski definition) is 7. The van der Waals surface area contributed by atoms with E-state index in [1.807, 2.05) is 0 Å². The van der Waals surface area contributed by atoms with Gasteiger partial charge in [0.05, 0.1) is 30.8 Å². The number of hydrogen-bond donors (Lipinski definition) is 2. The summed E-state index contributed by atoms with van der Waals surface area (Å²) in [6.45, 7) is 0.508. The van der Waals surface area contributed by atoms with Crippen molar-refractivity contribution in [3.63, 3.8) is 0 Å². The van der Waals surface area contributed by atoms with Crippen LogP contribution in [0.15, 0.2) is 18.2 Å². The molecule has 2 unspecified atom stereocenters. The van der Waals surface area contributed by atoms with E-state index in [1.165, 1.54) is 25.3 Å². The third kappa shape index (κ3) is 1.75. The molecule has 2 aromatic rings. The van der Waals surface area contributed by atoms with Gasteiger partial charge in [-0.15, -0.1) is 0 Å². The van der Waals surface area contributed by atoms with Crippen LogP contribution in [0.25, 0.3) is 0 Å². The summed E-state index contributed by atoms with van der Waals surface area (Å²) in [5, 5.41) is 20.7. The molecule has 2 heterocycles. The predicted octanol–water partition coefficient (Wildman–Crippen LogP) is 2.10. The molecule has 5 rings (SSSR count). The summed E-state index contributed by atoms with van der Waals surface area (Å²) in [6.07, 6.45) is 0.158. The van der Waals surface area contributed by atoms with E-state index in [0.29, 0.717) is 24.3 Å².